The second-order valence-electron chi connectivity index (χ2n) is 4.01. The molecule has 0 aromatic rings. The maximum atomic E-state index is 9.02. The molecule has 2 aliphatic rings. The zero-order chi connectivity index (χ0) is 7.68. The van der Waals surface area contributed by atoms with Crippen molar-refractivity contribution in [1.29, 1.82) is 0 Å². The van der Waals surface area contributed by atoms with Gasteiger partial charge < -0.3 is 10.4 Å². The molecule has 0 unspecified atom stereocenters. The van der Waals surface area contributed by atoms with Gasteiger partial charge in [-0.15, -0.1) is 0 Å². The van der Waals surface area contributed by atoms with Crippen molar-refractivity contribution >= 4 is 0 Å². The molecule has 2 bridgehead atoms. The van der Waals surface area contributed by atoms with E-state index in [2.05, 4.69) is 5.32 Å². The van der Waals surface area contributed by atoms with Crippen LogP contribution in [0.15, 0.2) is 0 Å². The highest BCUT2D eigenvalue weighted by Gasteiger charge is 2.30. The molecule has 0 aliphatic carbocycles. The summed E-state index contributed by atoms with van der Waals surface area (Å²) in [5.41, 5.74) is 0. The molecule has 2 heterocycles. The topological polar surface area (TPSA) is 32.3 Å². The smallest absolute Gasteiger partial charge is 0.0460 e. The predicted molar refractivity (Wildman–Crippen MR) is 44.4 cm³/mol. The van der Waals surface area contributed by atoms with Gasteiger partial charge >= 0.3 is 0 Å². The summed E-state index contributed by atoms with van der Waals surface area (Å²) in [4.78, 5) is 0. The largest absolute Gasteiger partial charge is 0.396 e. The van der Waals surface area contributed by atoms with Crippen molar-refractivity contribution < 1.29 is 5.11 Å². The third kappa shape index (κ3) is 1.57. The first-order valence-electron chi connectivity index (χ1n) is 4.75. The van der Waals surface area contributed by atoms with Crippen LogP contribution in [0.5, 0.6) is 0 Å². The predicted octanol–water partition coefficient (Wildman–Crippen LogP) is 0.899. The molecule has 2 atom stereocenters. The van der Waals surface area contributed by atoms with Crippen molar-refractivity contribution in [3.8, 4) is 0 Å². The van der Waals surface area contributed by atoms with Crippen molar-refractivity contribution in [2.24, 2.45) is 5.92 Å². The standard InChI is InChI=1S/C9H17NO/c11-6-7-4-8-2-1-3-9(5-7)10-8/h7-11H,1-6H2/t8-,9-/m1/s1. The number of rotatable bonds is 1. The van der Waals surface area contributed by atoms with E-state index in [0.29, 0.717) is 12.5 Å². The zero-order valence-electron chi connectivity index (χ0n) is 6.92. The van der Waals surface area contributed by atoms with Crippen LogP contribution in [0.4, 0.5) is 0 Å². The van der Waals surface area contributed by atoms with E-state index in [1.807, 2.05) is 0 Å². The van der Waals surface area contributed by atoms with E-state index in [-0.39, 0.29) is 0 Å². The molecule has 2 aliphatic heterocycles. The molecule has 64 valence electrons. The number of aliphatic hydroxyl groups is 1. The highest BCUT2D eigenvalue weighted by Crippen LogP contribution is 2.28. The van der Waals surface area contributed by atoms with Gasteiger partial charge in [0.05, 0.1) is 0 Å². The lowest BCUT2D eigenvalue weighted by molar-refractivity contribution is 0.126. The summed E-state index contributed by atoms with van der Waals surface area (Å²) in [6.07, 6.45) is 6.44. The molecule has 2 N–H and O–H groups in total. The lowest BCUT2D eigenvalue weighted by Gasteiger charge is -2.39. The number of fused-ring (bicyclic) bond motifs is 2. The van der Waals surface area contributed by atoms with Gasteiger partial charge in [0.1, 0.15) is 0 Å². The summed E-state index contributed by atoms with van der Waals surface area (Å²) in [6.45, 7) is 0.398. The summed E-state index contributed by atoms with van der Waals surface area (Å²) in [5, 5.41) is 12.6. The van der Waals surface area contributed by atoms with Crippen LogP contribution in [0.1, 0.15) is 32.1 Å². The van der Waals surface area contributed by atoms with E-state index in [1.165, 1.54) is 32.1 Å². The fourth-order valence-electron chi connectivity index (χ4n) is 2.53. The molecule has 2 saturated heterocycles. The minimum atomic E-state index is 0.398. The van der Waals surface area contributed by atoms with Gasteiger partial charge in [-0.05, 0) is 31.6 Å². The number of piperidine rings is 2. The van der Waals surface area contributed by atoms with E-state index < -0.39 is 0 Å². The van der Waals surface area contributed by atoms with Gasteiger partial charge in [0.15, 0.2) is 0 Å². The molecular formula is C9H17NO. The quantitative estimate of drug-likeness (QED) is 0.589. The van der Waals surface area contributed by atoms with Gasteiger partial charge in [-0.3, -0.25) is 0 Å². The number of hydrogen-bond donors (Lipinski definition) is 2. The van der Waals surface area contributed by atoms with E-state index in [0.717, 1.165) is 12.1 Å². The van der Waals surface area contributed by atoms with Crippen LogP contribution in [-0.2, 0) is 0 Å². The average Bonchev–Trinajstić information content (AvgIpc) is 2.03. The molecule has 2 rings (SSSR count). The molecule has 0 spiro atoms. The van der Waals surface area contributed by atoms with Crippen molar-refractivity contribution in [1.82, 2.24) is 5.32 Å². The molecule has 0 aromatic heterocycles. The molecular weight excluding hydrogens is 138 g/mol. The maximum Gasteiger partial charge on any atom is 0.0460 e. The summed E-state index contributed by atoms with van der Waals surface area (Å²) >= 11 is 0. The van der Waals surface area contributed by atoms with E-state index >= 15 is 0 Å². The van der Waals surface area contributed by atoms with E-state index in [4.69, 9.17) is 5.11 Å². The average molecular weight is 155 g/mol. The normalized spacial score (nSPS) is 43.9. The fraction of sp³-hybridized carbons (Fsp3) is 1.00. The molecule has 11 heavy (non-hydrogen) atoms. The van der Waals surface area contributed by atoms with Crippen LogP contribution in [-0.4, -0.2) is 23.8 Å². The maximum absolute atomic E-state index is 9.02. The third-order valence-electron chi connectivity index (χ3n) is 3.07. The van der Waals surface area contributed by atoms with Crippen LogP contribution in [0, 0.1) is 5.92 Å². The Hall–Kier alpha value is -0.0800. The second kappa shape index (κ2) is 3.11. The summed E-state index contributed by atoms with van der Waals surface area (Å²) < 4.78 is 0. The van der Waals surface area contributed by atoms with Crippen LogP contribution < -0.4 is 5.32 Å². The lowest BCUT2D eigenvalue weighted by atomic mass is 9.81. The summed E-state index contributed by atoms with van der Waals surface area (Å²) in [5.74, 6) is 0.589. The van der Waals surface area contributed by atoms with Gasteiger partial charge in [-0.25, -0.2) is 0 Å². The molecule has 0 radical (unpaired) electrons. The highest BCUT2D eigenvalue weighted by atomic mass is 16.3. The zero-order valence-corrected chi connectivity index (χ0v) is 6.92. The van der Waals surface area contributed by atoms with Crippen LogP contribution in [0.2, 0.25) is 0 Å². The van der Waals surface area contributed by atoms with Crippen molar-refractivity contribution in [2.75, 3.05) is 6.61 Å². The monoisotopic (exact) mass is 155 g/mol. The highest BCUT2D eigenvalue weighted by molar-refractivity contribution is 4.88. The van der Waals surface area contributed by atoms with Crippen LogP contribution in [0.3, 0.4) is 0 Å². The minimum absolute atomic E-state index is 0.398. The molecule has 2 nitrogen and oxygen atoms in total. The van der Waals surface area contributed by atoms with Gasteiger partial charge in [0.25, 0.3) is 0 Å². The van der Waals surface area contributed by atoms with E-state index in [9.17, 15) is 0 Å². The summed E-state index contributed by atoms with van der Waals surface area (Å²) in [7, 11) is 0. The molecule has 0 aromatic carbocycles. The van der Waals surface area contributed by atoms with Crippen molar-refractivity contribution in [3.63, 3.8) is 0 Å². The van der Waals surface area contributed by atoms with E-state index in [1.54, 1.807) is 0 Å². The van der Waals surface area contributed by atoms with Gasteiger partial charge in [0.2, 0.25) is 0 Å². The van der Waals surface area contributed by atoms with Crippen molar-refractivity contribution in [3.05, 3.63) is 0 Å². The molecule has 2 fully saturated rings. The molecule has 2 heteroatoms. The number of hydrogen-bond acceptors (Lipinski definition) is 2. The first-order chi connectivity index (χ1) is 5.38. The lowest BCUT2D eigenvalue weighted by Crippen LogP contribution is -2.49. The number of nitrogens with one attached hydrogen (secondary N) is 1. The SMILES string of the molecule is OCC1C[C@H]2CCC[C@H](C1)N2. The Morgan fingerprint density at radius 1 is 1.18 bits per heavy atom. The first kappa shape index (κ1) is 7.56. The Bertz CT molecular complexity index is 126. The Morgan fingerprint density at radius 3 is 2.36 bits per heavy atom. The molecule has 0 amide bonds. The van der Waals surface area contributed by atoms with Crippen LogP contribution >= 0.6 is 0 Å². The number of aliphatic hydroxyl groups excluding tert-OH is 1. The molecule has 0 saturated carbocycles. The van der Waals surface area contributed by atoms with Crippen molar-refractivity contribution in [2.45, 2.75) is 44.2 Å². The Labute approximate surface area is 68.0 Å². The Balaban J connectivity index is 1.94. The minimum Gasteiger partial charge on any atom is -0.396 e. The third-order valence-corrected chi connectivity index (χ3v) is 3.07. The first-order valence-corrected chi connectivity index (χ1v) is 4.75. The Morgan fingerprint density at radius 2 is 1.82 bits per heavy atom. The summed E-state index contributed by atoms with van der Waals surface area (Å²) in [6, 6.07) is 1.44. The Kier molecular flexibility index (Phi) is 2.14. The second-order valence-corrected chi connectivity index (χ2v) is 4.01. The van der Waals surface area contributed by atoms with Gasteiger partial charge in [0, 0.05) is 18.7 Å². The van der Waals surface area contributed by atoms with Crippen LogP contribution in [0.25, 0.3) is 0 Å². The van der Waals surface area contributed by atoms with Gasteiger partial charge in [-0.2, -0.15) is 0 Å². The van der Waals surface area contributed by atoms with Gasteiger partial charge in [-0.1, -0.05) is 6.42 Å². The fourth-order valence-corrected chi connectivity index (χ4v) is 2.53.